The van der Waals surface area contributed by atoms with Gasteiger partial charge in [0, 0.05) is 42.3 Å². The summed E-state index contributed by atoms with van der Waals surface area (Å²) >= 11 is 0. The second-order valence-corrected chi connectivity index (χ2v) is 23.9. The third kappa shape index (κ3) is 6.98. The first-order valence-corrected chi connectivity index (χ1v) is 25.0. The number of nitrogens with two attached hydrogens (primary N) is 1. The van der Waals surface area contributed by atoms with Crippen molar-refractivity contribution in [2.45, 2.75) is 173 Å². The van der Waals surface area contributed by atoms with Crippen molar-refractivity contribution in [3.05, 3.63) is 29.9 Å². The van der Waals surface area contributed by atoms with E-state index in [1.54, 1.807) is 12.5 Å². The van der Waals surface area contributed by atoms with E-state index < -0.39 is 93.5 Å². The molecule has 1 aromatic heterocycles. The Bertz CT molecular complexity index is 2010. The molecule has 5 saturated carbocycles. The number of ether oxygens (including phenoxy) is 2. The first-order valence-electron chi connectivity index (χ1n) is 25.0. The molecule has 2 bridgehead atoms. The molecular formula is C50H78N4O12. The minimum absolute atomic E-state index is 0.00132. The van der Waals surface area contributed by atoms with E-state index in [2.05, 4.69) is 49.1 Å². The van der Waals surface area contributed by atoms with Gasteiger partial charge in [0.2, 0.25) is 5.91 Å². The molecule has 12 N–H and O–H groups in total. The maximum atomic E-state index is 13.9. The zero-order chi connectivity index (χ0) is 47.5. The van der Waals surface area contributed by atoms with Crippen LogP contribution < -0.4 is 11.1 Å². The molecule has 16 heteroatoms. The molecule has 66 heavy (non-hydrogen) atoms. The fourth-order valence-electron chi connectivity index (χ4n) is 17.7. The van der Waals surface area contributed by atoms with Gasteiger partial charge in [0.15, 0.2) is 6.29 Å². The third-order valence-corrected chi connectivity index (χ3v) is 21.0. The lowest BCUT2D eigenvalue weighted by atomic mass is 9.30. The lowest BCUT2D eigenvalue weighted by Gasteiger charge is -2.75. The molecule has 7 fully saturated rings. The van der Waals surface area contributed by atoms with Crippen molar-refractivity contribution in [2.75, 3.05) is 19.8 Å². The van der Waals surface area contributed by atoms with Crippen molar-refractivity contribution in [2.24, 2.45) is 79.6 Å². The molecule has 6 aliphatic carbocycles. The summed E-state index contributed by atoms with van der Waals surface area (Å²) in [5.74, 6) is -2.48. The first kappa shape index (κ1) is 48.5. The van der Waals surface area contributed by atoms with Crippen molar-refractivity contribution >= 4 is 11.9 Å². The highest BCUT2D eigenvalue weighted by Gasteiger charge is 2.76. The van der Waals surface area contributed by atoms with E-state index in [-0.39, 0.29) is 80.0 Å². The van der Waals surface area contributed by atoms with Crippen molar-refractivity contribution < 1.29 is 59.9 Å². The second-order valence-electron chi connectivity index (χ2n) is 23.9. The normalized spacial score (nSPS) is 50.7. The van der Waals surface area contributed by atoms with Crippen LogP contribution in [0.15, 0.2) is 24.2 Å². The zero-order valence-electron chi connectivity index (χ0n) is 39.5. The molecule has 1 aromatic rings. The predicted octanol–water partition coefficient (Wildman–Crippen LogP) is 2.93. The molecule has 0 unspecified atom stereocenters. The number of hydrogen-bond donors (Lipinski definition) is 11. The molecule has 0 aromatic carbocycles. The van der Waals surface area contributed by atoms with Crippen LogP contribution in [0.1, 0.15) is 130 Å². The number of nitrogens with zero attached hydrogens (tertiary/aromatic N) is 1. The van der Waals surface area contributed by atoms with Gasteiger partial charge >= 0.3 is 5.97 Å². The monoisotopic (exact) mass is 927 g/mol. The van der Waals surface area contributed by atoms with Crippen LogP contribution in [-0.4, -0.2) is 132 Å². The number of carbonyl (C=O) groups excluding carboxylic acids is 1. The minimum atomic E-state index is -1.63. The summed E-state index contributed by atoms with van der Waals surface area (Å²) in [7, 11) is 0. The number of imidazole rings is 1. The van der Waals surface area contributed by atoms with Crippen molar-refractivity contribution in [3.8, 4) is 0 Å². The van der Waals surface area contributed by atoms with E-state index >= 15 is 0 Å². The van der Waals surface area contributed by atoms with Gasteiger partial charge in [-0.05, 0) is 134 Å². The van der Waals surface area contributed by atoms with Gasteiger partial charge in [0.1, 0.15) is 24.5 Å². The first-order chi connectivity index (χ1) is 31.1. The SMILES string of the molecule is C[C@]1(CO)C[C@H]2CCC[C@H]3C[C@]2(C(=O)O)[C@@H](C1)C1=CC[C@@H]2[C@@]4(C)[C@H](C[C@@H]5CC(=O)N[C@H]5[C@H](CC[C@@H](N)O)c5cnc[nH]5)[C@@H](O)[C@@H](O[C@@H]5OC[C@@H](O)[C@H](O)[C@H]5O)[C@@](C)(CO)[C@H]4CC[C@@]2(C)[C@@]13C. The van der Waals surface area contributed by atoms with E-state index in [9.17, 15) is 50.4 Å². The number of amides is 1. The van der Waals surface area contributed by atoms with Gasteiger partial charge in [-0.25, -0.2) is 4.98 Å². The number of rotatable bonds is 12. The molecule has 3 heterocycles. The van der Waals surface area contributed by atoms with E-state index in [0.717, 1.165) is 31.4 Å². The number of allylic oxidation sites excluding steroid dienone is 2. The van der Waals surface area contributed by atoms with Crippen molar-refractivity contribution in [1.82, 2.24) is 15.3 Å². The van der Waals surface area contributed by atoms with Crippen LogP contribution in [0.5, 0.6) is 0 Å². The summed E-state index contributed by atoms with van der Waals surface area (Å²) in [6.07, 6.45) is 4.21. The summed E-state index contributed by atoms with van der Waals surface area (Å²) in [5, 5.41) is 93.1. The summed E-state index contributed by atoms with van der Waals surface area (Å²) in [6.45, 7) is 10.5. The molecule has 22 atom stereocenters. The van der Waals surface area contributed by atoms with Crippen LogP contribution in [0.2, 0.25) is 0 Å². The summed E-state index contributed by atoms with van der Waals surface area (Å²) < 4.78 is 12.5. The molecule has 2 aliphatic heterocycles. The van der Waals surface area contributed by atoms with Crippen molar-refractivity contribution in [1.29, 1.82) is 0 Å². The number of carboxylic acids is 1. The Morgan fingerprint density at radius 3 is 2.38 bits per heavy atom. The topological polar surface area (TPSA) is 281 Å². The van der Waals surface area contributed by atoms with Crippen LogP contribution >= 0.6 is 0 Å². The Balaban J connectivity index is 1.17. The Kier molecular flexibility index (Phi) is 12.6. The highest BCUT2D eigenvalue weighted by atomic mass is 16.7. The van der Waals surface area contributed by atoms with Gasteiger partial charge in [0.25, 0.3) is 0 Å². The number of H-pyrrole nitrogens is 1. The quantitative estimate of drug-likeness (QED) is 0.0818. The number of carboxylic acid groups (broad SMARTS) is 1. The number of aliphatic hydroxyl groups excluding tert-OH is 7. The van der Waals surface area contributed by atoms with Gasteiger partial charge in [0.05, 0.1) is 37.2 Å². The smallest absolute Gasteiger partial charge is 0.310 e. The number of nitrogens with one attached hydrogen (secondary N) is 2. The molecule has 0 radical (unpaired) electrons. The number of aromatic amines is 1. The van der Waals surface area contributed by atoms with Gasteiger partial charge < -0.3 is 66.4 Å². The largest absolute Gasteiger partial charge is 0.481 e. The molecule has 0 spiro atoms. The number of carbonyl (C=O) groups is 2. The predicted molar refractivity (Wildman–Crippen MR) is 239 cm³/mol. The Morgan fingerprint density at radius 1 is 0.970 bits per heavy atom. The fourth-order valence-corrected chi connectivity index (χ4v) is 17.7. The highest BCUT2D eigenvalue weighted by Crippen LogP contribution is 2.79. The van der Waals surface area contributed by atoms with Gasteiger partial charge in [-0.1, -0.05) is 52.7 Å². The van der Waals surface area contributed by atoms with E-state index in [0.29, 0.717) is 44.9 Å². The molecular weight excluding hydrogens is 849 g/mol. The van der Waals surface area contributed by atoms with Crippen LogP contribution in [0.3, 0.4) is 0 Å². The Hall–Kier alpha value is -2.51. The number of aliphatic hydroxyl groups is 7. The van der Waals surface area contributed by atoms with Crippen molar-refractivity contribution in [3.63, 3.8) is 0 Å². The van der Waals surface area contributed by atoms with E-state index in [1.165, 1.54) is 5.57 Å². The summed E-state index contributed by atoms with van der Waals surface area (Å²) in [5.41, 5.74) is 3.98. The number of aliphatic carboxylic acids is 1. The highest BCUT2D eigenvalue weighted by molar-refractivity contribution is 5.79. The average molecular weight is 927 g/mol. The molecule has 8 aliphatic rings. The maximum absolute atomic E-state index is 13.9. The summed E-state index contributed by atoms with van der Waals surface area (Å²) in [6, 6.07) is -0.407. The lowest BCUT2D eigenvalue weighted by Crippen LogP contribution is -2.73. The van der Waals surface area contributed by atoms with Gasteiger partial charge in [-0.3, -0.25) is 9.59 Å². The van der Waals surface area contributed by atoms with Crippen LogP contribution in [0.4, 0.5) is 0 Å². The molecule has 16 nitrogen and oxygen atoms in total. The number of hydrogen-bond acceptors (Lipinski definition) is 13. The molecule has 370 valence electrons. The fraction of sp³-hybridized carbons (Fsp3) is 0.860. The number of fused-ring (bicyclic) bond motifs is 8. The number of aromatic nitrogens is 2. The molecule has 9 rings (SSSR count). The third-order valence-electron chi connectivity index (χ3n) is 21.0. The van der Waals surface area contributed by atoms with Gasteiger partial charge in [-0.2, -0.15) is 0 Å². The summed E-state index contributed by atoms with van der Waals surface area (Å²) in [4.78, 5) is 35.1. The standard InChI is InChI=1S/C50H78N4O12/c1-45(22-55)17-27-8-6-7-26-18-50(27,44(63)64)31(19-45)29-10-11-35-47(3,49(26,29)5)14-13-34-46(2,23-56)42(66-43-41(62)40(61)33(57)21-65-43)39(60)30(48(34,35)4)15-25-16-37(59)54-38(25)28(9-12-36(51)58)32-20-52-24-53-32/h10,20,24-28,30-31,33-36,38-43,55-58,60-62H,6-9,11-19,21-23,51H2,1-5H3,(H,52,53)(H,54,59)(H,63,64)/t25-,26+,27-,28-,30-,31+,33-,34-,35+,36+,38-,39-,40+,41-,42-,43+,45+,46+,47-,48+,49-,50-/m1/s1. The lowest BCUT2D eigenvalue weighted by molar-refractivity contribution is -0.341. The van der Waals surface area contributed by atoms with Crippen LogP contribution in [0, 0.1) is 73.9 Å². The maximum Gasteiger partial charge on any atom is 0.310 e. The van der Waals surface area contributed by atoms with E-state index in [4.69, 9.17) is 15.2 Å². The van der Waals surface area contributed by atoms with Crippen LogP contribution in [-0.2, 0) is 19.1 Å². The second kappa shape index (κ2) is 17.1. The Labute approximate surface area is 388 Å². The van der Waals surface area contributed by atoms with Crippen LogP contribution in [0.25, 0.3) is 0 Å². The van der Waals surface area contributed by atoms with Gasteiger partial charge in [-0.15, -0.1) is 0 Å². The van der Waals surface area contributed by atoms with E-state index in [1.807, 2.05) is 6.92 Å². The Morgan fingerprint density at radius 2 is 1.71 bits per heavy atom. The molecule has 2 saturated heterocycles. The zero-order valence-corrected chi connectivity index (χ0v) is 39.5. The molecule has 1 amide bonds. The minimum Gasteiger partial charge on any atom is -0.481 e. The average Bonchev–Trinajstić information content (AvgIpc) is 3.89.